The number of fused-ring (bicyclic) bond motifs is 1. The first-order valence-corrected chi connectivity index (χ1v) is 7.28. The van der Waals surface area contributed by atoms with Gasteiger partial charge in [0.25, 0.3) is 0 Å². The molecule has 2 rings (SSSR count). The molecule has 0 unspecified atom stereocenters. The third-order valence-electron chi connectivity index (χ3n) is 4.20. The number of Topliss-reactive ketones (excluding diaryl/α,β-unsaturated/α-hetero) is 1. The molecular formula is C15H25NO. The van der Waals surface area contributed by atoms with Gasteiger partial charge in [-0.2, -0.15) is 0 Å². The number of unbranched alkanes of at least 4 members (excludes halogenated alkanes) is 1. The number of hydrogen-bond acceptors (Lipinski definition) is 2. The van der Waals surface area contributed by atoms with E-state index < -0.39 is 0 Å². The Balaban J connectivity index is 2.15. The van der Waals surface area contributed by atoms with Crippen LogP contribution in [0.25, 0.3) is 0 Å². The minimum absolute atomic E-state index is 0.198. The molecule has 2 aliphatic heterocycles. The first-order chi connectivity index (χ1) is 8.27. The van der Waals surface area contributed by atoms with Crippen molar-refractivity contribution in [3.05, 3.63) is 11.8 Å². The zero-order valence-corrected chi connectivity index (χ0v) is 11.2. The summed E-state index contributed by atoms with van der Waals surface area (Å²) in [6.45, 7) is 4.21. The Hall–Kier alpha value is -0.790. The second-order valence-electron chi connectivity index (χ2n) is 5.35. The fourth-order valence-corrected chi connectivity index (χ4v) is 3.31. The molecule has 0 bridgehead atoms. The maximum absolute atomic E-state index is 12.1. The fraction of sp³-hybridized carbons (Fsp3) is 0.800. The molecule has 0 aromatic rings. The molecule has 0 aromatic heterocycles. The van der Waals surface area contributed by atoms with E-state index in [1.54, 1.807) is 0 Å². The Morgan fingerprint density at radius 2 is 2.18 bits per heavy atom. The smallest absolute Gasteiger partial charge is 0.154 e. The highest BCUT2D eigenvalue weighted by molar-refractivity contribution is 5.84. The van der Waals surface area contributed by atoms with Crippen molar-refractivity contribution in [1.29, 1.82) is 0 Å². The first kappa shape index (κ1) is 12.7. The molecular weight excluding hydrogens is 210 g/mol. The Morgan fingerprint density at radius 3 is 2.88 bits per heavy atom. The van der Waals surface area contributed by atoms with E-state index in [1.165, 1.54) is 37.8 Å². The third-order valence-corrected chi connectivity index (χ3v) is 4.20. The van der Waals surface area contributed by atoms with Crippen LogP contribution in [0.15, 0.2) is 11.8 Å². The van der Waals surface area contributed by atoms with Crippen LogP contribution in [-0.4, -0.2) is 22.8 Å². The zero-order chi connectivity index (χ0) is 12.3. The van der Waals surface area contributed by atoms with E-state index in [1.807, 2.05) is 6.92 Å². The van der Waals surface area contributed by atoms with Crippen molar-refractivity contribution in [2.24, 2.45) is 0 Å². The number of hydrogen-bond donors (Lipinski definition) is 0. The first-order valence-electron chi connectivity index (χ1n) is 7.28. The van der Waals surface area contributed by atoms with Crippen LogP contribution in [0.5, 0.6) is 0 Å². The van der Waals surface area contributed by atoms with Crippen LogP contribution in [-0.2, 0) is 4.79 Å². The van der Waals surface area contributed by atoms with Gasteiger partial charge in [-0.1, -0.05) is 26.3 Å². The normalized spacial score (nSPS) is 30.7. The number of rotatable bonds is 4. The van der Waals surface area contributed by atoms with Crippen molar-refractivity contribution in [1.82, 2.24) is 4.90 Å². The number of carbonyl (C=O) groups is 1. The molecule has 2 aliphatic rings. The monoisotopic (exact) mass is 235 g/mol. The van der Waals surface area contributed by atoms with Crippen molar-refractivity contribution >= 4 is 5.78 Å². The summed E-state index contributed by atoms with van der Waals surface area (Å²) in [7, 11) is 0. The molecule has 0 amide bonds. The van der Waals surface area contributed by atoms with Gasteiger partial charge in [-0.25, -0.2) is 0 Å². The summed E-state index contributed by atoms with van der Waals surface area (Å²) < 4.78 is 0. The number of piperidine rings is 1. The van der Waals surface area contributed by atoms with Gasteiger partial charge in [0.15, 0.2) is 5.78 Å². The van der Waals surface area contributed by atoms with E-state index in [4.69, 9.17) is 0 Å². The van der Waals surface area contributed by atoms with Gasteiger partial charge in [0.05, 0.1) is 6.04 Å². The van der Waals surface area contributed by atoms with E-state index in [9.17, 15) is 4.79 Å². The van der Waals surface area contributed by atoms with Gasteiger partial charge in [-0.15, -0.1) is 0 Å². The van der Waals surface area contributed by atoms with E-state index in [2.05, 4.69) is 17.9 Å². The summed E-state index contributed by atoms with van der Waals surface area (Å²) >= 11 is 0. The summed E-state index contributed by atoms with van der Waals surface area (Å²) in [6.07, 6.45) is 11.5. The molecule has 0 radical (unpaired) electrons. The lowest BCUT2D eigenvalue weighted by Gasteiger charge is -2.39. The van der Waals surface area contributed by atoms with Gasteiger partial charge in [0.2, 0.25) is 0 Å². The van der Waals surface area contributed by atoms with E-state index in [0.717, 1.165) is 12.8 Å². The van der Waals surface area contributed by atoms with Gasteiger partial charge in [0, 0.05) is 18.2 Å². The summed E-state index contributed by atoms with van der Waals surface area (Å²) in [5, 5.41) is 0. The minimum atomic E-state index is 0.198. The van der Waals surface area contributed by atoms with Gasteiger partial charge < -0.3 is 4.90 Å². The van der Waals surface area contributed by atoms with Crippen LogP contribution in [0.4, 0.5) is 0 Å². The van der Waals surface area contributed by atoms with Gasteiger partial charge in [-0.05, 0) is 38.5 Å². The van der Waals surface area contributed by atoms with Crippen molar-refractivity contribution in [3.63, 3.8) is 0 Å². The average Bonchev–Trinajstić information content (AvgIpc) is 2.78. The molecule has 0 saturated carbocycles. The molecule has 0 N–H and O–H groups in total. The third kappa shape index (κ3) is 2.56. The number of ketones is 1. The molecule has 17 heavy (non-hydrogen) atoms. The maximum atomic E-state index is 12.1. The van der Waals surface area contributed by atoms with Crippen LogP contribution in [0.1, 0.15) is 65.2 Å². The molecule has 2 nitrogen and oxygen atoms in total. The maximum Gasteiger partial charge on any atom is 0.154 e. The molecule has 0 aromatic carbocycles. The molecule has 2 heteroatoms. The Kier molecular flexibility index (Phi) is 4.25. The van der Waals surface area contributed by atoms with Crippen molar-refractivity contribution in [2.45, 2.75) is 77.3 Å². The molecule has 2 heterocycles. The van der Waals surface area contributed by atoms with Crippen molar-refractivity contribution in [2.75, 3.05) is 0 Å². The molecule has 2 atom stereocenters. The van der Waals surface area contributed by atoms with Crippen LogP contribution in [0.3, 0.4) is 0 Å². The quantitative estimate of drug-likeness (QED) is 0.741. The highest BCUT2D eigenvalue weighted by Crippen LogP contribution is 2.38. The van der Waals surface area contributed by atoms with Crippen LogP contribution < -0.4 is 0 Å². The standard InChI is InChI=1S/C15H25NO/c1-3-5-7-12-10-11-13-8-6-9-14(16(12)13)15(17)4-2/h7,13-14H,3-6,8-11H2,1-2H3/b12-7+/t13-,14-/m1/s1. The SMILES string of the molecule is CCC/C=C1\CC[C@H]2CCC[C@H](C(=O)CC)N12. The van der Waals surface area contributed by atoms with Gasteiger partial charge in [-0.3, -0.25) is 4.79 Å². The predicted molar refractivity (Wildman–Crippen MR) is 70.8 cm³/mol. The lowest BCUT2D eigenvalue weighted by molar-refractivity contribution is -0.124. The van der Waals surface area contributed by atoms with Crippen LogP contribution in [0.2, 0.25) is 0 Å². The Morgan fingerprint density at radius 1 is 1.35 bits per heavy atom. The molecule has 96 valence electrons. The van der Waals surface area contributed by atoms with Gasteiger partial charge in [0.1, 0.15) is 0 Å². The fourth-order valence-electron chi connectivity index (χ4n) is 3.31. The van der Waals surface area contributed by atoms with Crippen molar-refractivity contribution < 1.29 is 4.79 Å². The topological polar surface area (TPSA) is 20.3 Å². The summed E-state index contributed by atoms with van der Waals surface area (Å²) in [5.41, 5.74) is 1.46. The number of carbonyl (C=O) groups excluding carboxylic acids is 1. The van der Waals surface area contributed by atoms with E-state index >= 15 is 0 Å². The molecule has 0 spiro atoms. The molecule has 0 aliphatic carbocycles. The minimum Gasteiger partial charge on any atom is -0.362 e. The Bertz CT molecular complexity index is 308. The van der Waals surface area contributed by atoms with Crippen molar-refractivity contribution in [3.8, 4) is 0 Å². The lowest BCUT2D eigenvalue weighted by atomic mass is 9.93. The summed E-state index contributed by atoms with van der Waals surface area (Å²) in [5.74, 6) is 0.444. The predicted octanol–water partition coefficient (Wildman–Crippen LogP) is 3.67. The second-order valence-corrected chi connectivity index (χ2v) is 5.35. The van der Waals surface area contributed by atoms with E-state index in [0.29, 0.717) is 18.2 Å². The second kappa shape index (κ2) is 5.70. The highest BCUT2D eigenvalue weighted by Gasteiger charge is 2.38. The van der Waals surface area contributed by atoms with Crippen LogP contribution in [0, 0.1) is 0 Å². The largest absolute Gasteiger partial charge is 0.362 e. The zero-order valence-electron chi connectivity index (χ0n) is 11.2. The number of nitrogens with zero attached hydrogens (tertiary/aromatic N) is 1. The highest BCUT2D eigenvalue weighted by atomic mass is 16.1. The molecule has 2 fully saturated rings. The molecule has 2 saturated heterocycles. The number of allylic oxidation sites excluding steroid dienone is 2. The van der Waals surface area contributed by atoms with Crippen LogP contribution >= 0.6 is 0 Å². The lowest BCUT2D eigenvalue weighted by Crippen LogP contribution is -2.46. The Labute approximate surface area is 105 Å². The average molecular weight is 235 g/mol. The van der Waals surface area contributed by atoms with Gasteiger partial charge >= 0.3 is 0 Å². The summed E-state index contributed by atoms with van der Waals surface area (Å²) in [6, 6.07) is 0.858. The van der Waals surface area contributed by atoms with E-state index in [-0.39, 0.29) is 6.04 Å². The summed E-state index contributed by atoms with van der Waals surface area (Å²) in [4.78, 5) is 14.5.